The van der Waals surface area contributed by atoms with E-state index in [1.54, 1.807) is 6.92 Å². The lowest BCUT2D eigenvalue weighted by Crippen LogP contribution is -2.22. The molecule has 76 valence electrons. The van der Waals surface area contributed by atoms with Gasteiger partial charge in [-0.15, -0.1) is 0 Å². The molecule has 13 heavy (non-hydrogen) atoms. The Morgan fingerprint density at radius 3 is 2.15 bits per heavy atom. The van der Waals surface area contributed by atoms with Gasteiger partial charge in [-0.05, 0) is 25.7 Å². The molecule has 1 unspecified atom stereocenters. The van der Waals surface area contributed by atoms with Crippen LogP contribution in [0.3, 0.4) is 0 Å². The Morgan fingerprint density at radius 1 is 1.23 bits per heavy atom. The van der Waals surface area contributed by atoms with Crippen LogP contribution in [0.25, 0.3) is 0 Å². The van der Waals surface area contributed by atoms with Crippen LogP contribution in [0.15, 0.2) is 0 Å². The van der Waals surface area contributed by atoms with E-state index in [-0.39, 0.29) is 0 Å². The van der Waals surface area contributed by atoms with Gasteiger partial charge in [0, 0.05) is 5.92 Å². The van der Waals surface area contributed by atoms with Crippen molar-refractivity contribution < 1.29 is 5.11 Å². The molecule has 1 nitrogen and oxygen atoms in total. The summed E-state index contributed by atoms with van der Waals surface area (Å²) in [6.45, 7) is 10.2. The highest BCUT2D eigenvalue weighted by Crippen LogP contribution is 2.15. The Labute approximate surface area is 82.5 Å². The Balaban J connectivity index is 4.03. The molecule has 0 aliphatic heterocycles. The summed E-state index contributed by atoms with van der Waals surface area (Å²) in [7, 11) is 0. The highest BCUT2D eigenvalue weighted by atomic mass is 16.3. The second-order valence-corrected chi connectivity index (χ2v) is 4.63. The molecule has 0 amide bonds. The van der Waals surface area contributed by atoms with Gasteiger partial charge in [0.15, 0.2) is 0 Å². The summed E-state index contributed by atoms with van der Waals surface area (Å²) in [5.41, 5.74) is -0.797. The topological polar surface area (TPSA) is 20.2 Å². The summed E-state index contributed by atoms with van der Waals surface area (Å²) in [6.07, 6.45) is 1.80. The highest BCUT2D eigenvalue weighted by molar-refractivity contribution is 5.12. The molecule has 0 aliphatic carbocycles. The molecule has 0 radical (unpaired) electrons. The second kappa shape index (κ2) is 5.29. The smallest absolute Gasteiger partial charge is 0.122 e. The van der Waals surface area contributed by atoms with Crippen molar-refractivity contribution in [2.45, 2.75) is 53.1 Å². The third kappa shape index (κ3) is 7.87. The maximum atomic E-state index is 9.84. The molecule has 0 aliphatic rings. The highest BCUT2D eigenvalue weighted by Gasteiger charge is 2.16. The van der Waals surface area contributed by atoms with E-state index in [1.807, 2.05) is 13.8 Å². The monoisotopic (exact) mass is 182 g/mol. The third-order valence-corrected chi connectivity index (χ3v) is 1.84. The maximum absolute atomic E-state index is 9.84. The molecular formula is C12H22O. The molecule has 0 bridgehead atoms. The summed E-state index contributed by atoms with van der Waals surface area (Å²) < 4.78 is 0. The van der Waals surface area contributed by atoms with Crippen molar-refractivity contribution in [2.75, 3.05) is 0 Å². The number of hydrogen-bond donors (Lipinski definition) is 1. The maximum Gasteiger partial charge on any atom is 0.122 e. The van der Waals surface area contributed by atoms with Gasteiger partial charge in [0.2, 0.25) is 0 Å². The summed E-state index contributed by atoms with van der Waals surface area (Å²) in [5.74, 6) is 6.90. The summed E-state index contributed by atoms with van der Waals surface area (Å²) >= 11 is 0. The van der Waals surface area contributed by atoms with Gasteiger partial charge >= 0.3 is 0 Å². The fourth-order valence-corrected chi connectivity index (χ4v) is 0.932. The fourth-order valence-electron chi connectivity index (χ4n) is 0.932. The van der Waals surface area contributed by atoms with Crippen molar-refractivity contribution in [3.8, 4) is 11.8 Å². The predicted octanol–water partition coefficient (Wildman–Crippen LogP) is 2.83. The van der Waals surface area contributed by atoms with Gasteiger partial charge in [0.25, 0.3) is 0 Å². The molecule has 0 aromatic carbocycles. The lowest BCUT2D eigenvalue weighted by Gasteiger charge is -2.17. The molecule has 1 N–H and O–H groups in total. The van der Waals surface area contributed by atoms with Gasteiger partial charge in [0.05, 0.1) is 0 Å². The first kappa shape index (κ1) is 12.5. The zero-order chi connectivity index (χ0) is 10.5. The molecule has 0 saturated heterocycles. The van der Waals surface area contributed by atoms with E-state index in [0.717, 1.165) is 12.8 Å². The van der Waals surface area contributed by atoms with Gasteiger partial charge in [-0.2, -0.15) is 0 Å². The van der Waals surface area contributed by atoms with E-state index in [1.165, 1.54) is 0 Å². The lowest BCUT2D eigenvalue weighted by atomic mass is 9.95. The molecule has 1 atom stereocenters. The first-order valence-corrected chi connectivity index (χ1v) is 5.08. The lowest BCUT2D eigenvalue weighted by molar-refractivity contribution is 0.105. The van der Waals surface area contributed by atoms with E-state index >= 15 is 0 Å². The van der Waals surface area contributed by atoms with Crippen molar-refractivity contribution >= 4 is 0 Å². The normalized spacial score (nSPS) is 15.4. The van der Waals surface area contributed by atoms with Crippen LogP contribution in [0.4, 0.5) is 0 Å². The van der Waals surface area contributed by atoms with E-state index < -0.39 is 5.60 Å². The van der Waals surface area contributed by atoms with Gasteiger partial charge in [0.1, 0.15) is 5.60 Å². The first-order chi connectivity index (χ1) is 5.83. The van der Waals surface area contributed by atoms with Crippen LogP contribution in [0.5, 0.6) is 0 Å². The van der Waals surface area contributed by atoms with Crippen molar-refractivity contribution in [1.82, 2.24) is 0 Å². The van der Waals surface area contributed by atoms with E-state index in [0.29, 0.717) is 11.8 Å². The Kier molecular flexibility index (Phi) is 5.10. The number of aliphatic hydroxyl groups is 1. The van der Waals surface area contributed by atoms with Crippen molar-refractivity contribution in [3.63, 3.8) is 0 Å². The Morgan fingerprint density at radius 2 is 1.77 bits per heavy atom. The fraction of sp³-hybridized carbons (Fsp3) is 0.833. The van der Waals surface area contributed by atoms with Crippen LogP contribution in [-0.2, 0) is 0 Å². The average molecular weight is 182 g/mol. The molecule has 0 saturated carbocycles. The van der Waals surface area contributed by atoms with Gasteiger partial charge < -0.3 is 5.11 Å². The molecule has 1 heteroatoms. The Bertz CT molecular complexity index is 191. The Hall–Kier alpha value is -0.480. The minimum atomic E-state index is -0.797. The van der Waals surface area contributed by atoms with Crippen LogP contribution in [-0.4, -0.2) is 10.7 Å². The van der Waals surface area contributed by atoms with E-state index in [2.05, 4.69) is 25.7 Å². The van der Waals surface area contributed by atoms with E-state index in [4.69, 9.17) is 0 Å². The molecular weight excluding hydrogens is 160 g/mol. The van der Waals surface area contributed by atoms with Crippen LogP contribution in [0.1, 0.15) is 47.5 Å². The number of hydrogen-bond acceptors (Lipinski definition) is 1. The largest absolute Gasteiger partial charge is 0.378 e. The first-order valence-electron chi connectivity index (χ1n) is 5.08. The predicted molar refractivity (Wildman–Crippen MR) is 57.3 cm³/mol. The summed E-state index contributed by atoms with van der Waals surface area (Å²) in [4.78, 5) is 0. The van der Waals surface area contributed by atoms with Crippen LogP contribution >= 0.6 is 0 Å². The molecule has 0 rings (SSSR count). The third-order valence-electron chi connectivity index (χ3n) is 1.84. The molecule has 0 fully saturated rings. The van der Waals surface area contributed by atoms with Crippen molar-refractivity contribution in [2.24, 2.45) is 11.8 Å². The quantitative estimate of drug-likeness (QED) is 0.665. The summed E-state index contributed by atoms with van der Waals surface area (Å²) in [6, 6.07) is 0. The SMILES string of the molecule is CC(C)C#CC(C)(O)CCC(C)C. The van der Waals surface area contributed by atoms with E-state index in [9.17, 15) is 5.11 Å². The van der Waals surface area contributed by atoms with Gasteiger partial charge in [-0.1, -0.05) is 39.5 Å². The van der Waals surface area contributed by atoms with Crippen LogP contribution in [0.2, 0.25) is 0 Å². The standard InChI is InChI=1S/C12H22O/c1-10(2)6-8-12(5,13)9-7-11(3)4/h10-11,13H,6,8H2,1-5H3. The number of rotatable bonds is 3. The zero-order valence-electron chi connectivity index (χ0n) is 9.52. The zero-order valence-corrected chi connectivity index (χ0v) is 9.52. The molecule has 0 aromatic heterocycles. The average Bonchev–Trinajstić information content (AvgIpc) is 1.98. The molecule has 0 aromatic rings. The van der Waals surface area contributed by atoms with Crippen molar-refractivity contribution in [3.05, 3.63) is 0 Å². The second-order valence-electron chi connectivity index (χ2n) is 4.63. The van der Waals surface area contributed by atoms with Crippen molar-refractivity contribution in [1.29, 1.82) is 0 Å². The van der Waals surface area contributed by atoms with Crippen LogP contribution in [0, 0.1) is 23.7 Å². The minimum Gasteiger partial charge on any atom is -0.378 e. The van der Waals surface area contributed by atoms with Crippen LogP contribution < -0.4 is 0 Å². The molecule has 0 heterocycles. The molecule has 0 spiro atoms. The van der Waals surface area contributed by atoms with Gasteiger partial charge in [-0.3, -0.25) is 0 Å². The minimum absolute atomic E-state index is 0.338. The summed E-state index contributed by atoms with van der Waals surface area (Å²) in [5, 5.41) is 9.84. The van der Waals surface area contributed by atoms with Gasteiger partial charge in [-0.25, -0.2) is 0 Å².